The van der Waals surface area contributed by atoms with Crippen LogP contribution in [0.2, 0.25) is 0 Å². The largest absolute Gasteiger partial charge is 0.340 e. The van der Waals surface area contributed by atoms with Gasteiger partial charge in [0.1, 0.15) is 0 Å². The molecule has 0 aromatic heterocycles. The molecule has 0 radical (unpaired) electrons. The summed E-state index contributed by atoms with van der Waals surface area (Å²) < 4.78 is 0. The lowest BCUT2D eigenvalue weighted by Crippen LogP contribution is -2.29. The Bertz CT molecular complexity index is 417. The Morgan fingerprint density at radius 2 is 1.08 bits per heavy atom. The topological polar surface area (TPSA) is 107 Å². The van der Waals surface area contributed by atoms with Gasteiger partial charge >= 0.3 is 0 Å². The molecule has 0 aliphatic rings. The summed E-state index contributed by atoms with van der Waals surface area (Å²) in [5.74, 6) is 0.815. The molecule has 0 heterocycles. The first kappa shape index (κ1) is 23.7. The predicted molar refractivity (Wildman–Crippen MR) is 90.6 cm³/mol. The highest BCUT2D eigenvalue weighted by Crippen LogP contribution is 2.17. The van der Waals surface area contributed by atoms with Gasteiger partial charge in [-0.3, -0.25) is 0 Å². The fourth-order valence-corrected chi connectivity index (χ4v) is 1.52. The molecule has 8 nitrogen and oxygen atoms in total. The summed E-state index contributed by atoms with van der Waals surface area (Å²) in [4.78, 5) is 21.5. The third-order valence-corrected chi connectivity index (χ3v) is 3.19. The molecular weight excluding hydrogens is 332 g/mol. The van der Waals surface area contributed by atoms with Crippen molar-refractivity contribution in [2.45, 2.75) is 60.0 Å². The lowest BCUT2D eigenvalue weighted by molar-refractivity contribution is -0.519. The molecule has 0 saturated carbocycles. The van der Waals surface area contributed by atoms with Gasteiger partial charge in [-0.05, 0) is 23.6 Å². The van der Waals surface area contributed by atoms with Gasteiger partial charge in [-0.15, -0.1) is 0 Å². The van der Waals surface area contributed by atoms with E-state index in [0.29, 0.717) is 11.7 Å². The highest BCUT2D eigenvalue weighted by Gasteiger charge is 2.21. The van der Waals surface area contributed by atoms with Gasteiger partial charge < -0.3 is 4.89 Å². The van der Waals surface area contributed by atoms with Crippen LogP contribution in [0.3, 0.4) is 0 Å². The van der Waals surface area contributed by atoms with E-state index in [2.05, 4.69) is 28.5 Å². The van der Waals surface area contributed by atoms with Crippen molar-refractivity contribution < 1.29 is 40.2 Å². The van der Waals surface area contributed by atoms with Crippen LogP contribution in [0.1, 0.15) is 53.0 Å². The lowest BCUT2D eigenvalue weighted by Gasteiger charge is -2.21. The van der Waals surface area contributed by atoms with Crippen molar-refractivity contribution in [2.75, 3.05) is 0 Å². The third kappa shape index (κ3) is 9.71. The van der Waals surface area contributed by atoms with E-state index in [1.54, 1.807) is 39.8 Å². The van der Waals surface area contributed by atoms with Crippen molar-refractivity contribution >= 4 is 0 Å². The molecule has 0 aliphatic carbocycles. The summed E-state index contributed by atoms with van der Waals surface area (Å²) in [6.45, 7) is 11.3. The zero-order valence-electron chi connectivity index (χ0n) is 15.6. The van der Waals surface area contributed by atoms with E-state index in [9.17, 15) is 0 Å². The summed E-state index contributed by atoms with van der Waals surface area (Å²) in [6, 6.07) is 7.37. The maximum atomic E-state index is 8.41. The Morgan fingerprint density at radius 1 is 0.680 bits per heavy atom. The molecule has 146 valence electrons. The standard InChI is InChI=1S/C9H12O2.C8H18O6/c1-7(2)8-3-5-9(11-10)6-4-8;1-5(2)7(11-9)13-14-8(12-10)6(3)4/h3-7,10H,1-2H3;5-10H,1-4H3. The monoisotopic (exact) mass is 362 g/mol. The maximum absolute atomic E-state index is 8.41. The van der Waals surface area contributed by atoms with Gasteiger partial charge in [0.15, 0.2) is 5.75 Å². The maximum Gasteiger partial charge on any atom is 0.226 e. The SMILES string of the molecule is CC(C)C(OO)OOC(OO)C(C)C.CC(C)c1ccc(OO)cc1. The average molecular weight is 362 g/mol. The van der Waals surface area contributed by atoms with Crippen LogP contribution >= 0.6 is 0 Å². The third-order valence-electron chi connectivity index (χ3n) is 3.19. The number of hydrogen-bond acceptors (Lipinski definition) is 8. The van der Waals surface area contributed by atoms with Gasteiger partial charge in [0.25, 0.3) is 0 Å². The van der Waals surface area contributed by atoms with Crippen LogP contribution in [0.25, 0.3) is 0 Å². The summed E-state index contributed by atoms with van der Waals surface area (Å²) in [5.41, 5.74) is 1.24. The lowest BCUT2D eigenvalue weighted by atomic mass is 10.0. The zero-order valence-corrected chi connectivity index (χ0v) is 15.6. The van der Waals surface area contributed by atoms with Crippen molar-refractivity contribution in [3.63, 3.8) is 0 Å². The molecule has 0 fully saturated rings. The van der Waals surface area contributed by atoms with Crippen molar-refractivity contribution in [3.8, 4) is 5.75 Å². The van der Waals surface area contributed by atoms with E-state index in [1.165, 1.54) is 5.56 Å². The van der Waals surface area contributed by atoms with E-state index in [0.717, 1.165) is 0 Å². The highest BCUT2D eigenvalue weighted by atomic mass is 17.3. The normalized spacial score (nSPS) is 13.6. The molecule has 1 aromatic rings. The molecule has 0 amide bonds. The fraction of sp³-hybridized carbons (Fsp3) is 0.647. The van der Waals surface area contributed by atoms with Crippen LogP contribution < -0.4 is 4.89 Å². The predicted octanol–water partition coefficient (Wildman–Crippen LogP) is 4.54. The second-order valence-corrected chi connectivity index (χ2v) is 6.44. The van der Waals surface area contributed by atoms with Crippen molar-refractivity contribution in [2.24, 2.45) is 11.8 Å². The smallest absolute Gasteiger partial charge is 0.226 e. The molecule has 2 unspecified atom stereocenters. The Balaban J connectivity index is 0.000000472. The summed E-state index contributed by atoms with van der Waals surface area (Å²) in [5, 5.41) is 25.1. The molecule has 1 rings (SSSR count). The molecule has 8 heteroatoms. The van der Waals surface area contributed by atoms with Crippen LogP contribution in [0, 0.1) is 11.8 Å². The summed E-state index contributed by atoms with van der Waals surface area (Å²) >= 11 is 0. The first-order chi connectivity index (χ1) is 11.8. The fourth-order valence-electron chi connectivity index (χ4n) is 1.52. The Kier molecular flexibility index (Phi) is 12.4. The minimum Gasteiger partial charge on any atom is -0.340 e. The van der Waals surface area contributed by atoms with Gasteiger partial charge in [0.05, 0.1) is 0 Å². The van der Waals surface area contributed by atoms with Crippen LogP contribution in [-0.4, -0.2) is 28.4 Å². The van der Waals surface area contributed by atoms with E-state index >= 15 is 0 Å². The van der Waals surface area contributed by atoms with Crippen LogP contribution in [0.5, 0.6) is 5.75 Å². The number of hydrogen-bond donors (Lipinski definition) is 3. The molecular formula is C17H30O8. The molecule has 0 aliphatic heterocycles. The van der Waals surface area contributed by atoms with Gasteiger partial charge in [-0.2, -0.15) is 9.78 Å². The Morgan fingerprint density at radius 3 is 1.32 bits per heavy atom. The minimum absolute atomic E-state index is 0.0912. The van der Waals surface area contributed by atoms with E-state index in [1.807, 2.05) is 12.1 Å². The molecule has 0 spiro atoms. The van der Waals surface area contributed by atoms with Gasteiger partial charge in [-0.1, -0.05) is 53.7 Å². The summed E-state index contributed by atoms with van der Waals surface area (Å²) in [6.07, 6.45) is -1.82. The number of benzene rings is 1. The number of rotatable bonds is 9. The second kappa shape index (κ2) is 13.0. The molecule has 25 heavy (non-hydrogen) atoms. The quantitative estimate of drug-likeness (QED) is 0.334. The van der Waals surface area contributed by atoms with Crippen LogP contribution in [0.4, 0.5) is 0 Å². The van der Waals surface area contributed by atoms with Gasteiger partial charge in [-0.25, -0.2) is 25.5 Å². The van der Waals surface area contributed by atoms with Crippen molar-refractivity contribution in [1.29, 1.82) is 0 Å². The highest BCUT2D eigenvalue weighted by molar-refractivity contribution is 5.28. The Hall–Kier alpha value is -1.26. The van der Waals surface area contributed by atoms with E-state index < -0.39 is 12.6 Å². The molecule has 0 saturated heterocycles. The molecule has 3 N–H and O–H groups in total. The van der Waals surface area contributed by atoms with Crippen molar-refractivity contribution in [3.05, 3.63) is 29.8 Å². The zero-order chi connectivity index (χ0) is 19.4. The molecule has 1 aromatic carbocycles. The molecule has 0 bridgehead atoms. The van der Waals surface area contributed by atoms with Gasteiger partial charge in [0, 0.05) is 11.8 Å². The van der Waals surface area contributed by atoms with Crippen LogP contribution in [0.15, 0.2) is 24.3 Å². The molecule has 2 atom stereocenters. The first-order valence-corrected chi connectivity index (χ1v) is 8.10. The Labute approximate surface area is 148 Å². The average Bonchev–Trinajstić information content (AvgIpc) is 2.58. The second-order valence-electron chi connectivity index (χ2n) is 6.44. The minimum atomic E-state index is -0.911. The summed E-state index contributed by atoms with van der Waals surface area (Å²) in [7, 11) is 0. The van der Waals surface area contributed by atoms with E-state index in [-0.39, 0.29) is 11.8 Å². The van der Waals surface area contributed by atoms with Crippen molar-refractivity contribution in [1.82, 2.24) is 0 Å². The van der Waals surface area contributed by atoms with Crippen LogP contribution in [-0.2, 0) is 19.6 Å². The van der Waals surface area contributed by atoms with Gasteiger partial charge in [0.2, 0.25) is 12.6 Å². The van der Waals surface area contributed by atoms with E-state index in [4.69, 9.17) is 25.5 Å². The first-order valence-electron chi connectivity index (χ1n) is 8.10.